The summed E-state index contributed by atoms with van der Waals surface area (Å²) in [5, 5.41) is 0. The maximum absolute atomic E-state index is 12.6. The fraction of sp³-hybridized carbons (Fsp3) is 0.938. The molecule has 2 N–H and O–H groups in total. The highest BCUT2D eigenvalue weighted by molar-refractivity contribution is 5.85. The molecule has 3 aliphatic rings. The highest BCUT2D eigenvalue weighted by Gasteiger charge is 2.35. The minimum absolute atomic E-state index is 0. The topological polar surface area (TPSA) is 58.8 Å². The number of likely N-dealkylation sites (tertiary alicyclic amines) is 2. The van der Waals surface area contributed by atoms with Crippen LogP contribution in [0.2, 0.25) is 0 Å². The zero-order valence-electron chi connectivity index (χ0n) is 13.8. The summed E-state index contributed by atoms with van der Waals surface area (Å²) in [6.07, 6.45) is 6.96. The summed E-state index contributed by atoms with van der Waals surface area (Å²) in [6.45, 7) is 5.69. The van der Waals surface area contributed by atoms with E-state index in [-0.39, 0.29) is 36.8 Å². The molecule has 0 aromatic carbocycles. The van der Waals surface area contributed by atoms with E-state index >= 15 is 0 Å². The van der Waals surface area contributed by atoms with Gasteiger partial charge in [-0.05, 0) is 51.1 Å². The number of carbonyl (C=O) groups is 1. The number of ether oxygens (including phenoxy) is 1. The lowest BCUT2D eigenvalue weighted by molar-refractivity contribution is -0.133. The van der Waals surface area contributed by atoms with Crippen LogP contribution in [-0.4, -0.2) is 67.2 Å². The van der Waals surface area contributed by atoms with E-state index < -0.39 is 0 Å². The second-order valence-electron chi connectivity index (χ2n) is 6.80. The van der Waals surface area contributed by atoms with E-state index in [1.54, 1.807) is 0 Å². The normalized spacial score (nSPS) is 27.9. The van der Waals surface area contributed by atoms with Crippen LogP contribution in [0.1, 0.15) is 38.5 Å². The number of carbonyl (C=O) groups excluding carboxylic acids is 1. The van der Waals surface area contributed by atoms with Crippen molar-refractivity contribution in [1.82, 2.24) is 9.80 Å². The van der Waals surface area contributed by atoms with Crippen molar-refractivity contribution in [2.24, 2.45) is 11.7 Å². The van der Waals surface area contributed by atoms with Crippen LogP contribution in [0.4, 0.5) is 0 Å². The molecule has 3 fully saturated rings. The minimum Gasteiger partial charge on any atom is -0.381 e. The van der Waals surface area contributed by atoms with E-state index in [4.69, 9.17) is 10.5 Å². The summed E-state index contributed by atoms with van der Waals surface area (Å²) in [6, 6.07) is 0.241. The Bertz CT molecular complexity index is 361. The minimum atomic E-state index is -0.325. The first kappa shape index (κ1) is 21.0. The third kappa shape index (κ3) is 5.20. The van der Waals surface area contributed by atoms with Gasteiger partial charge in [0.2, 0.25) is 5.91 Å². The van der Waals surface area contributed by atoms with Crippen LogP contribution in [-0.2, 0) is 9.53 Å². The fourth-order valence-electron chi connectivity index (χ4n) is 4.01. The van der Waals surface area contributed by atoms with E-state index in [2.05, 4.69) is 4.90 Å². The zero-order chi connectivity index (χ0) is 14.7. The number of amides is 1. The Morgan fingerprint density at radius 2 is 1.65 bits per heavy atom. The Hall–Kier alpha value is -0.0700. The van der Waals surface area contributed by atoms with Crippen LogP contribution in [0.25, 0.3) is 0 Å². The first-order chi connectivity index (χ1) is 10.3. The Morgan fingerprint density at radius 3 is 2.30 bits per heavy atom. The van der Waals surface area contributed by atoms with E-state index in [1.165, 1.54) is 32.4 Å². The van der Waals surface area contributed by atoms with Gasteiger partial charge in [0.25, 0.3) is 0 Å². The molecule has 0 spiro atoms. The third-order valence-corrected chi connectivity index (χ3v) is 5.44. The van der Waals surface area contributed by atoms with Crippen molar-refractivity contribution in [2.45, 2.75) is 50.6 Å². The van der Waals surface area contributed by atoms with Gasteiger partial charge < -0.3 is 15.4 Å². The van der Waals surface area contributed by atoms with Crippen LogP contribution in [0, 0.1) is 5.92 Å². The molecule has 5 nitrogen and oxygen atoms in total. The smallest absolute Gasteiger partial charge is 0.239 e. The van der Waals surface area contributed by atoms with Gasteiger partial charge in [-0.3, -0.25) is 9.69 Å². The molecule has 136 valence electrons. The second kappa shape index (κ2) is 10.0. The van der Waals surface area contributed by atoms with Gasteiger partial charge in [-0.1, -0.05) is 6.42 Å². The molecule has 3 aliphatic heterocycles. The fourth-order valence-corrected chi connectivity index (χ4v) is 4.01. The highest BCUT2D eigenvalue weighted by atomic mass is 35.5. The summed E-state index contributed by atoms with van der Waals surface area (Å²) in [5.74, 6) is 0.474. The van der Waals surface area contributed by atoms with Gasteiger partial charge in [-0.15, -0.1) is 24.8 Å². The van der Waals surface area contributed by atoms with Crippen molar-refractivity contribution in [1.29, 1.82) is 0 Å². The molecular weight excluding hydrogens is 337 g/mol. The van der Waals surface area contributed by atoms with Crippen LogP contribution in [0.5, 0.6) is 0 Å². The SMILES string of the molecule is Cl.Cl.NC(C(=O)N1CCC(N2CCCCC2)C1)C1CCOCC1. The molecule has 0 aromatic rings. The standard InChI is InChI=1S/C16H29N3O2.2ClH/c17-15(13-5-10-21-11-6-13)16(20)19-9-4-14(12-19)18-7-2-1-3-8-18;;/h13-15H,1-12,17H2;2*1H. The Morgan fingerprint density at radius 1 is 1.00 bits per heavy atom. The summed E-state index contributed by atoms with van der Waals surface area (Å²) >= 11 is 0. The molecule has 3 heterocycles. The predicted octanol–water partition coefficient (Wildman–Crippen LogP) is 1.67. The maximum Gasteiger partial charge on any atom is 0.239 e. The maximum atomic E-state index is 12.6. The Balaban J connectivity index is 0.00000132. The number of hydrogen-bond acceptors (Lipinski definition) is 4. The van der Waals surface area contributed by atoms with Gasteiger partial charge in [0, 0.05) is 32.3 Å². The number of rotatable bonds is 3. The molecular formula is C16H31Cl2N3O2. The molecule has 2 unspecified atom stereocenters. The van der Waals surface area contributed by atoms with Gasteiger partial charge in [0.05, 0.1) is 6.04 Å². The van der Waals surface area contributed by atoms with E-state index in [0.717, 1.165) is 45.6 Å². The molecule has 0 bridgehead atoms. The van der Waals surface area contributed by atoms with Crippen molar-refractivity contribution in [2.75, 3.05) is 39.4 Å². The lowest BCUT2D eigenvalue weighted by Crippen LogP contribution is -2.49. The molecule has 3 saturated heterocycles. The number of hydrogen-bond donors (Lipinski definition) is 1. The van der Waals surface area contributed by atoms with Crippen molar-refractivity contribution >= 4 is 30.7 Å². The average Bonchev–Trinajstić information content (AvgIpc) is 3.05. The lowest BCUT2D eigenvalue weighted by Gasteiger charge is -2.33. The van der Waals surface area contributed by atoms with Gasteiger partial charge in [-0.2, -0.15) is 0 Å². The number of piperidine rings is 1. The van der Waals surface area contributed by atoms with E-state index in [9.17, 15) is 4.79 Å². The summed E-state index contributed by atoms with van der Waals surface area (Å²) < 4.78 is 5.36. The molecule has 3 rings (SSSR count). The second-order valence-corrected chi connectivity index (χ2v) is 6.80. The number of nitrogens with zero attached hydrogens (tertiary/aromatic N) is 2. The van der Waals surface area contributed by atoms with Gasteiger partial charge in [0.1, 0.15) is 0 Å². The third-order valence-electron chi connectivity index (χ3n) is 5.44. The summed E-state index contributed by atoms with van der Waals surface area (Å²) in [7, 11) is 0. The number of nitrogens with two attached hydrogens (primary N) is 1. The van der Waals surface area contributed by atoms with Crippen molar-refractivity contribution in [3.05, 3.63) is 0 Å². The number of halogens is 2. The first-order valence-electron chi connectivity index (χ1n) is 8.62. The highest BCUT2D eigenvalue weighted by Crippen LogP contribution is 2.23. The molecule has 0 aromatic heterocycles. The van der Waals surface area contributed by atoms with Gasteiger partial charge >= 0.3 is 0 Å². The molecule has 1 amide bonds. The lowest BCUT2D eigenvalue weighted by atomic mass is 9.91. The quantitative estimate of drug-likeness (QED) is 0.823. The molecule has 7 heteroatoms. The van der Waals surface area contributed by atoms with E-state index in [0.29, 0.717) is 12.0 Å². The van der Waals surface area contributed by atoms with E-state index in [1.807, 2.05) is 4.90 Å². The zero-order valence-corrected chi connectivity index (χ0v) is 15.5. The van der Waals surface area contributed by atoms with Gasteiger partial charge in [-0.25, -0.2) is 0 Å². The first-order valence-corrected chi connectivity index (χ1v) is 8.62. The summed E-state index contributed by atoms with van der Waals surface area (Å²) in [5.41, 5.74) is 6.24. The molecule has 0 aliphatic carbocycles. The largest absolute Gasteiger partial charge is 0.381 e. The summed E-state index contributed by atoms with van der Waals surface area (Å²) in [4.78, 5) is 17.2. The van der Waals surface area contributed by atoms with Crippen LogP contribution >= 0.6 is 24.8 Å². The van der Waals surface area contributed by atoms with Crippen molar-refractivity contribution < 1.29 is 9.53 Å². The van der Waals surface area contributed by atoms with Crippen molar-refractivity contribution in [3.63, 3.8) is 0 Å². The molecule has 23 heavy (non-hydrogen) atoms. The molecule has 0 saturated carbocycles. The van der Waals surface area contributed by atoms with Crippen LogP contribution in [0.15, 0.2) is 0 Å². The van der Waals surface area contributed by atoms with Gasteiger partial charge in [0.15, 0.2) is 0 Å². The molecule has 0 radical (unpaired) electrons. The van der Waals surface area contributed by atoms with Crippen LogP contribution < -0.4 is 5.73 Å². The predicted molar refractivity (Wildman–Crippen MR) is 96.4 cm³/mol. The Labute approximate surface area is 152 Å². The molecule has 2 atom stereocenters. The van der Waals surface area contributed by atoms with Crippen molar-refractivity contribution in [3.8, 4) is 0 Å². The van der Waals surface area contributed by atoms with Crippen LogP contribution in [0.3, 0.4) is 0 Å². The monoisotopic (exact) mass is 367 g/mol. The average molecular weight is 368 g/mol. The Kier molecular flexibility index (Phi) is 9.16.